The van der Waals surface area contributed by atoms with Crippen LogP contribution in [0.25, 0.3) is 21.8 Å². The zero-order valence-electron chi connectivity index (χ0n) is 35.1. The molecule has 8 nitrogen and oxygen atoms in total. The Hall–Kier alpha value is -5.58. The summed E-state index contributed by atoms with van der Waals surface area (Å²) < 4.78 is 40.6. The first-order chi connectivity index (χ1) is 30.4. The van der Waals surface area contributed by atoms with E-state index in [1.54, 1.807) is 36.7 Å². The number of rotatable bonds is 14. The number of carbonyl (C=O) groups is 2. The summed E-state index contributed by atoms with van der Waals surface area (Å²) in [5.41, 5.74) is 5.53. The zero-order chi connectivity index (χ0) is 42.4. The highest BCUT2D eigenvalue weighted by Gasteiger charge is 2.39. The van der Waals surface area contributed by atoms with E-state index in [-0.39, 0.29) is 47.7 Å². The van der Waals surface area contributed by atoms with Crippen molar-refractivity contribution in [3.05, 3.63) is 155 Å². The number of pyridine rings is 2. The minimum absolute atomic E-state index is 0.133. The van der Waals surface area contributed by atoms with Crippen molar-refractivity contribution in [2.75, 3.05) is 26.3 Å². The lowest BCUT2D eigenvalue weighted by atomic mass is 9.91. The highest BCUT2D eigenvalue weighted by atomic mass is 19.1. The third-order valence-corrected chi connectivity index (χ3v) is 12.7. The van der Waals surface area contributed by atoms with E-state index in [9.17, 15) is 18.4 Å². The molecule has 2 aliphatic carbocycles. The highest BCUT2D eigenvalue weighted by molar-refractivity contribution is 5.84. The summed E-state index contributed by atoms with van der Waals surface area (Å²) >= 11 is 0. The Kier molecular flexibility index (Phi) is 12.9. The second-order valence-corrected chi connectivity index (χ2v) is 17.3. The number of ether oxygens (including phenoxy) is 2. The lowest BCUT2D eigenvalue weighted by molar-refractivity contribution is -0.141. The number of benzene rings is 4. The summed E-state index contributed by atoms with van der Waals surface area (Å²) in [6, 6.07) is 32.6. The molecule has 0 bridgehead atoms. The Bertz CT molecular complexity index is 2290. The minimum Gasteiger partial charge on any atom is -0.371 e. The van der Waals surface area contributed by atoms with Crippen molar-refractivity contribution in [3.8, 4) is 0 Å². The molecule has 2 amide bonds. The number of hydrogen-bond acceptors (Lipinski definition) is 6. The predicted molar refractivity (Wildman–Crippen MR) is 236 cm³/mol. The Morgan fingerprint density at radius 2 is 0.935 bits per heavy atom. The van der Waals surface area contributed by atoms with Crippen LogP contribution in [0, 0.1) is 23.5 Å². The molecule has 0 radical (unpaired) electrons. The number of amides is 2. The van der Waals surface area contributed by atoms with Crippen LogP contribution in [0.5, 0.6) is 0 Å². The van der Waals surface area contributed by atoms with Crippen LogP contribution >= 0.6 is 0 Å². The fourth-order valence-electron chi connectivity index (χ4n) is 9.06. The van der Waals surface area contributed by atoms with E-state index >= 15 is 0 Å². The van der Waals surface area contributed by atoms with Crippen molar-refractivity contribution < 1.29 is 27.8 Å². The van der Waals surface area contributed by atoms with Crippen LogP contribution in [0.4, 0.5) is 8.78 Å². The molecule has 2 saturated heterocycles. The largest absolute Gasteiger partial charge is 0.371 e. The van der Waals surface area contributed by atoms with Gasteiger partial charge in [0.05, 0.1) is 36.3 Å². The van der Waals surface area contributed by atoms with E-state index in [0.717, 1.165) is 69.7 Å². The number of aromatic nitrogens is 2. The predicted octanol–water partition coefficient (Wildman–Crippen LogP) is 11.2. The minimum atomic E-state index is -0.369. The smallest absolute Gasteiger partial charge is 0.223 e. The van der Waals surface area contributed by atoms with Crippen LogP contribution in [-0.4, -0.2) is 57.9 Å². The van der Waals surface area contributed by atoms with Crippen molar-refractivity contribution in [1.82, 2.24) is 19.8 Å². The average molecular weight is 837 g/mol. The van der Waals surface area contributed by atoms with Gasteiger partial charge in [0.2, 0.25) is 11.8 Å². The van der Waals surface area contributed by atoms with E-state index in [4.69, 9.17) is 9.47 Å². The van der Waals surface area contributed by atoms with Gasteiger partial charge in [0.25, 0.3) is 0 Å². The number of hydrogen-bond donors (Lipinski definition) is 0. The Morgan fingerprint density at radius 1 is 0.532 bits per heavy atom. The normalized spacial score (nSPS) is 18.9. The van der Waals surface area contributed by atoms with Gasteiger partial charge in [0, 0.05) is 60.2 Å². The summed E-state index contributed by atoms with van der Waals surface area (Å²) in [6.07, 6.45) is 12.4. The lowest BCUT2D eigenvalue weighted by Crippen LogP contribution is -2.41. The number of fused-ring (bicyclic) bond motifs is 2. The molecule has 0 unspecified atom stereocenters. The molecule has 4 atom stereocenters. The molecule has 62 heavy (non-hydrogen) atoms. The van der Waals surface area contributed by atoms with Gasteiger partial charge in [-0.25, -0.2) is 8.78 Å². The topological polar surface area (TPSA) is 84.9 Å². The number of piperidine rings is 2. The van der Waals surface area contributed by atoms with Gasteiger partial charge in [-0.1, -0.05) is 72.8 Å². The molecule has 6 aromatic rings. The summed E-state index contributed by atoms with van der Waals surface area (Å²) in [6.45, 7) is 2.69. The summed E-state index contributed by atoms with van der Waals surface area (Å²) in [4.78, 5) is 39.2. The second kappa shape index (κ2) is 19.2. The third-order valence-electron chi connectivity index (χ3n) is 12.7. The van der Waals surface area contributed by atoms with Crippen LogP contribution in [-0.2, 0) is 19.1 Å². The number of carbonyl (C=O) groups excluding carboxylic acids is 2. The van der Waals surface area contributed by atoms with Gasteiger partial charge in [-0.2, -0.15) is 0 Å². The van der Waals surface area contributed by atoms with Gasteiger partial charge in [-0.05, 0) is 111 Å². The fraction of sp³-hybridized carbons (Fsp3) is 0.385. The molecule has 4 aliphatic rings. The maximum atomic E-state index is 13.7. The molecule has 0 spiro atoms. The highest BCUT2D eigenvalue weighted by Crippen LogP contribution is 2.44. The van der Waals surface area contributed by atoms with Gasteiger partial charge in [-0.3, -0.25) is 19.6 Å². The number of para-hydroxylation sites is 2. The van der Waals surface area contributed by atoms with Crippen molar-refractivity contribution in [1.29, 1.82) is 0 Å². The molecule has 2 aliphatic heterocycles. The molecule has 2 aromatic heterocycles. The Morgan fingerprint density at radius 3 is 1.32 bits per heavy atom. The van der Waals surface area contributed by atoms with E-state index in [0.29, 0.717) is 51.0 Å². The van der Waals surface area contributed by atoms with Crippen molar-refractivity contribution in [3.63, 3.8) is 0 Å². The number of halogens is 2. The maximum absolute atomic E-state index is 13.7. The van der Waals surface area contributed by atoms with Crippen molar-refractivity contribution >= 4 is 33.6 Å². The van der Waals surface area contributed by atoms with Crippen LogP contribution in [0.2, 0.25) is 0 Å². The van der Waals surface area contributed by atoms with Gasteiger partial charge in [0.15, 0.2) is 0 Å². The number of nitrogens with zero attached hydrogens (tertiary/aromatic N) is 4. The zero-order valence-corrected chi connectivity index (χ0v) is 35.1. The van der Waals surface area contributed by atoms with Gasteiger partial charge in [0.1, 0.15) is 23.8 Å². The average Bonchev–Trinajstić information content (AvgIpc) is 4.26. The Labute approximate surface area is 362 Å². The summed E-state index contributed by atoms with van der Waals surface area (Å²) in [5.74, 6) is 0.861. The standard InChI is InChI=1S/2C26H27FN2O2/c2*27-21-13-11-20(12-14-21)25(29-16-2-1-8-23(29)30)26(31-17-18-9-10-18)22-7-3-5-19-6-4-15-28-24(19)22/h2*3-7,11-15,18,25-26H,1-2,8-10,16-17H2/t2*25-,26-/m10/s1. The summed E-state index contributed by atoms with van der Waals surface area (Å²) in [7, 11) is 0. The fourth-order valence-corrected chi connectivity index (χ4v) is 9.06. The summed E-state index contributed by atoms with van der Waals surface area (Å²) in [5, 5.41) is 2.09. The van der Waals surface area contributed by atoms with E-state index in [1.165, 1.54) is 49.9 Å². The van der Waals surface area contributed by atoms with Crippen molar-refractivity contribution in [2.24, 2.45) is 11.8 Å². The van der Waals surface area contributed by atoms with E-state index in [2.05, 4.69) is 22.1 Å². The molecular weight excluding hydrogens is 783 g/mol. The molecule has 0 N–H and O–H groups in total. The lowest BCUT2D eigenvalue weighted by Gasteiger charge is -2.40. The molecule has 320 valence electrons. The van der Waals surface area contributed by atoms with Crippen LogP contribution in [0.3, 0.4) is 0 Å². The second-order valence-electron chi connectivity index (χ2n) is 17.3. The molecule has 4 fully saturated rings. The van der Waals surface area contributed by atoms with Gasteiger partial charge in [-0.15, -0.1) is 0 Å². The molecule has 4 aromatic carbocycles. The van der Waals surface area contributed by atoms with E-state index in [1.807, 2.05) is 58.3 Å². The van der Waals surface area contributed by atoms with Gasteiger partial charge < -0.3 is 19.3 Å². The first-order valence-electron chi connectivity index (χ1n) is 22.4. The van der Waals surface area contributed by atoms with Crippen LogP contribution in [0.1, 0.15) is 111 Å². The van der Waals surface area contributed by atoms with Crippen LogP contribution in [0.15, 0.2) is 122 Å². The molecule has 10 rings (SSSR count). The molecule has 2 saturated carbocycles. The third kappa shape index (κ3) is 9.72. The molecular formula is C52H54F2N4O4. The monoisotopic (exact) mass is 836 g/mol. The SMILES string of the molecule is O=C1CCCCN1[C@@H](c1ccc(F)cc1)[C@@H](OCC1CC1)c1cccc2cccnc12.O=C1CCCCN1[C@H](c1ccc(F)cc1)[C@H](OCC1CC1)c1cccc2cccnc12. The molecule has 4 heterocycles. The molecule has 10 heteroatoms. The van der Waals surface area contributed by atoms with Crippen LogP contribution < -0.4 is 0 Å². The quantitative estimate of drug-likeness (QED) is 0.109. The van der Waals surface area contributed by atoms with Crippen molar-refractivity contribution in [2.45, 2.75) is 88.5 Å². The Balaban J connectivity index is 0.000000158. The number of likely N-dealkylation sites (tertiary alicyclic amines) is 2. The van der Waals surface area contributed by atoms with E-state index < -0.39 is 0 Å². The van der Waals surface area contributed by atoms with Gasteiger partial charge >= 0.3 is 0 Å². The first kappa shape index (κ1) is 41.8. The maximum Gasteiger partial charge on any atom is 0.223 e. The first-order valence-corrected chi connectivity index (χ1v) is 22.4.